The van der Waals surface area contributed by atoms with Crippen LogP contribution in [-0.4, -0.2) is 48.3 Å². The van der Waals surface area contributed by atoms with E-state index in [1.165, 1.54) is 23.7 Å². The minimum atomic E-state index is 0.0182. The molecule has 2 aromatic rings. The quantitative estimate of drug-likeness (QED) is 0.744. The second kappa shape index (κ2) is 8.90. The SMILES string of the molecule is CN(CCC[C@@H]1CCCO1)C(=O)NCCCn1ccc2ccccc21. The van der Waals surface area contributed by atoms with Crippen LogP contribution in [0.4, 0.5) is 4.79 Å². The lowest BCUT2D eigenvalue weighted by Crippen LogP contribution is -2.38. The number of amides is 2. The van der Waals surface area contributed by atoms with E-state index < -0.39 is 0 Å². The van der Waals surface area contributed by atoms with Gasteiger partial charge in [-0.05, 0) is 49.6 Å². The molecule has 136 valence electrons. The number of aromatic nitrogens is 1. The zero-order valence-corrected chi connectivity index (χ0v) is 15.1. The molecule has 1 fully saturated rings. The van der Waals surface area contributed by atoms with Crippen LogP contribution in [0.2, 0.25) is 0 Å². The highest BCUT2D eigenvalue weighted by atomic mass is 16.5. The first-order chi connectivity index (χ1) is 12.2. The molecule has 1 N–H and O–H groups in total. The number of urea groups is 1. The van der Waals surface area contributed by atoms with Gasteiger partial charge >= 0.3 is 6.03 Å². The number of carbonyl (C=O) groups is 1. The van der Waals surface area contributed by atoms with Gasteiger partial charge in [0.15, 0.2) is 0 Å². The molecule has 5 heteroatoms. The highest BCUT2D eigenvalue weighted by Gasteiger charge is 2.15. The van der Waals surface area contributed by atoms with Crippen molar-refractivity contribution in [1.29, 1.82) is 0 Å². The summed E-state index contributed by atoms with van der Waals surface area (Å²) in [6.07, 6.45) is 7.86. The fraction of sp³-hybridized carbons (Fsp3) is 0.550. The van der Waals surface area contributed by atoms with Crippen molar-refractivity contribution in [1.82, 2.24) is 14.8 Å². The molecule has 0 saturated carbocycles. The number of nitrogens with zero attached hydrogens (tertiary/aromatic N) is 2. The summed E-state index contributed by atoms with van der Waals surface area (Å²) in [4.78, 5) is 13.9. The van der Waals surface area contributed by atoms with Crippen LogP contribution in [0.5, 0.6) is 0 Å². The van der Waals surface area contributed by atoms with E-state index in [0.29, 0.717) is 12.6 Å². The number of benzene rings is 1. The van der Waals surface area contributed by atoms with Crippen molar-refractivity contribution in [2.75, 3.05) is 26.7 Å². The van der Waals surface area contributed by atoms with Crippen LogP contribution >= 0.6 is 0 Å². The van der Waals surface area contributed by atoms with E-state index in [2.05, 4.69) is 46.4 Å². The number of para-hydroxylation sites is 1. The number of nitrogens with one attached hydrogen (secondary N) is 1. The highest BCUT2D eigenvalue weighted by Crippen LogP contribution is 2.17. The number of hydrogen-bond donors (Lipinski definition) is 1. The third-order valence-corrected chi connectivity index (χ3v) is 4.92. The first kappa shape index (κ1) is 17.8. The van der Waals surface area contributed by atoms with Crippen molar-refractivity contribution in [3.05, 3.63) is 36.5 Å². The Morgan fingerprint density at radius 3 is 3.04 bits per heavy atom. The van der Waals surface area contributed by atoms with Gasteiger partial charge in [-0.3, -0.25) is 0 Å². The molecule has 1 saturated heterocycles. The maximum atomic E-state index is 12.1. The molecule has 1 atom stereocenters. The van der Waals surface area contributed by atoms with Gasteiger partial charge in [-0.2, -0.15) is 0 Å². The van der Waals surface area contributed by atoms with Crippen LogP contribution in [0.1, 0.15) is 32.1 Å². The monoisotopic (exact) mass is 343 g/mol. The van der Waals surface area contributed by atoms with Crippen molar-refractivity contribution in [3.63, 3.8) is 0 Å². The Kier molecular flexibility index (Phi) is 6.34. The van der Waals surface area contributed by atoms with Crippen molar-refractivity contribution in [2.45, 2.75) is 44.8 Å². The number of aryl methyl sites for hydroxylation is 1. The van der Waals surface area contributed by atoms with Gasteiger partial charge in [0.2, 0.25) is 0 Å². The molecule has 0 radical (unpaired) electrons. The molecule has 0 aliphatic carbocycles. The van der Waals surface area contributed by atoms with Crippen molar-refractivity contribution in [3.8, 4) is 0 Å². The van der Waals surface area contributed by atoms with Gasteiger partial charge in [0, 0.05) is 45.0 Å². The molecule has 5 nitrogen and oxygen atoms in total. The lowest BCUT2D eigenvalue weighted by Gasteiger charge is -2.19. The van der Waals surface area contributed by atoms with Crippen LogP contribution in [0.25, 0.3) is 10.9 Å². The van der Waals surface area contributed by atoms with Gasteiger partial charge in [-0.15, -0.1) is 0 Å². The number of hydrogen-bond acceptors (Lipinski definition) is 2. The zero-order valence-electron chi connectivity index (χ0n) is 15.1. The third kappa shape index (κ3) is 4.98. The molecular weight excluding hydrogens is 314 g/mol. The van der Waals surface area contributed by atoms with Crippen molar-refractivity contribution >= 4 is 16.9 Å². The molecule has 2 heterocycles. The predicted octanol–water partition coefficient (Wildman–Crippen LogP) is 3.63. The molecule has 1 aliphatic heterocycles. The number of carbonyl (C=O) groups excluding carboxylic acids is 1. The van der Waals surface area contributed by atoms with Crippen LogP contribution < -0.4 is 5.32 Å². The number of rotatable bonds is 8. The number of ether oxygens (including phenoxy) is 1. The van der Waals surface area contributed by atoms with E-state index in [1.807, 2.05) is 7.05 Å². The first-order valence-corrected chi connectivity index (χ1v) is 9.38. The Labute approximate surface area is 149 Å². The van der Waals surface area contributed by atoms with Crippen LogP contribution in [0.15, 0.2) is 36.5 Å². The van der Waals surface area contributed by atoms with Crippen LogP contribution in [0, 0.1) is 0 Å². The second-order valence-electron chi connectivity index (χ2n) is 6.85. The van der Waals surface area contributed by atoms with Gasteiger partial charge < -0.3 is 19.5 Å². The van der Waals surface area contributed by atoms with Gasteiger partial charge in [-0.25, -0.2) is 4.79 Å². The van der Waals surface area contributed by atoms with E-state index >= 15 is 0 Å². The summed E-state index contributed by atoms with van der Waals surface area (Å²) in [5.41, 5.74) is 1.25. The molecule has 25 heavy (non-hydrogen) atoms. The molecular formula is C20H29N3O2. The fourth-order valence-electron chi connectivity index (χ4n) is 3.44. The van der Waals surface area contributed by atoms with Gasteiger partial charge in [-0.1, -0.05) is 18.2 Å². The molecule has 2 amide bonds. The molecule has 1 aliphatic rings. The average molecular weight is 343 g/mol. The van der Waals surface area contributed by atoms with E-state index in [4.69, 9.17) is 4.74 Å². The number of fused-ring (bicyclic) bond motifs is 1. The minimum absolute atomic E-state index is 0.0182. The van der Waals surface area contributed by atoms with E-state index in [-0.39, 0.29) is 6.03 Å². The minimum Gasteiger partial charge on any atom is -0.378 e. The van der Waals surface area contributed by atoms with E-state index in [9.17, 15) is 4.79 Å². The summed E-state index contributed by atoms with van der Waals surface area (Å²) < 4.78 is 7.86. The summed E-state index contributed by atoms with van der Waals surface area (Å²) in [6, 6.07) is 10.5. The first-order valence-electron chi connectivity index (χ1n) is 9.38. The topological polar surface area (TPSA) is 46.5 Å². The molecule has 0 spiro atoms. The third-order valence-electron chi connectivity index (χ3n) is 4.92. The van der Waals surface area contributed by atoms with Gasteiger partial charge in [0.25, 0.3) is 0 Å². The van der Waals surface area contributed by atoms with Crippen LogP contribution in [0.3, 0.4) is 0 Å². The molecule has 1 aromatic carbocycles. The van der Waals surface area contributed by atoms with Crippen molar-refractivity contribution < 1.29 is 9.53 Å². The lowest BCUT2D eigenvalue weighted by atomic mass is 10.1. The Morgan fingerprint density at radius 1 is 1.32 bits per heavy atom. The summed E-state index contributed by atoms with van der Waals surface area (Å²) in [7, 11) is 1.87. The van der Waals surface area contributed by atoms with Crippen molar-refractivity contribution in [2.24, 2.45) is 0 Å². The second-order valence-corrected chi connectivity index (χ2v) is 6.85. The molecule has 3 rings (SSSR count). The fourth-order valence-corrected chi connectivity index (χ4v) is 3.44. The Balaban J connectivity index is 1.31. The Hall–Kier alpha value is -2.01. The highest BCUT2D eigenvalue weighted by molar-refractivity contribution is 5.79. The zero-order chi connectivity index (χ0) is 17.5. The standard InChI is InChI=1S/C20H29N3O2/c1-22(13-4-8-18-9-5-16-25-18)20(24)21-12-6-14-23-15-11-17-7-2-3-10-19(17)23/h2-3,7,10-11,15,18H,4-6,8-9,12-14,16H2,1H3,(H,21,24)/t18-/m1/s1. The smallest absolute Gasteiger partial charge is 0.317 e. The summed E-state index contributed by atoms with van der Waals surface area (Å²) in [5, 5.41) is 4.28. The largest absolute Gasteiger partial charge is 0.378 e. The molecule has 0 unspecified atom stereocenters. The van der Waals surface area contributed by atoms with Gasteiger partial charge in [0.1, 0.15) is 0 Å². The summed E-state index contributed by atoms with van der Waals surface area (Å²) in [5.74, 6) is 0. The molecule has 1 aromatic heterocycles. The predicted molar refractivity (Wildman–Crippen MR) is 101 cm³/mol. The van der Waals surface area contributed by atoms with Gasteiger partial charge in [0.05, 0.1) is 6.10 Å². The summed E-state index contributed by atoms with van der Waals surface area (Å²) in [6.45, 7) is 3.30. The maximum absolute atomic E-state index is 12.1. The Morgan fingerprint density at radius 2 is 2.20 bits per heavy atom. The average Bonchev–Trinajstić information content (AvgIpc) is 3.28. The van der Waals surface area contributed by atoms with Crippen LogP contribution in [-0.2, 0) is 11.3 Å². The molecule has 0 bridgehead atoms. The van der Waals surface area contributed by atoms with E-state index in [1.54, 1.807) is 4.90 Å². The lowest BCUT2D eigenvalue weighted by molar-refractivity contribution is 0.100. The van der Waals surface area contributed by atoms with E-state index in [0.717, 1.165) is 39.0 Å². The summed E-state index contributed by atoms with van der Waals surface area (Å²) >= 11 is 0. The normalized spacial score (nSPS) is 17.1. The Bertz CT molecular complexity index is 676. The maximum Gasteiger partial charge on any atom is 0.317 e.